The third kappa shape index (κ3) is 7.03. The number of nitrogens with zero attached hydrogens (tertiary/aromatic N) is 3. The van der Waals surface area contributed by atoms with E-state index < -0.39 is 53.0 Å². The maximum Gasteiger partial charge on any atom is 0.338 e. The molecule has 1 aromatic heterocycles. The summed E-state index contributed by atoms with van der Waals surface area (Å²) in [6, 6.07) is 2.76. The van der Waals surface area contributed by atoms with Gasteiger partial charge >= 0.3 is 5.97 Å². The number of carbonyl (C=O) groups excluding carboxylic acids is 1. The minimum Gasteiger partial charge on any atom is -0.463 e. The van der Waals surface area contributed by atoms with E-state index in [1.165, 1.54) is 28.4 Å². The van der Waals surface area contributed by atoms with Crippen LogP contribution in [0.2, 0.25) is 0 Å². The summed E-state index contributed by atoms with van der Waals surface area (Å²) in [5.74, 6) is -3.92. The van der Waals surface area contributed by atoms with E-state index >= 15 is 0 Å². The second kappa shape index (κ2) is 11.7. The first-order chi connectivity index (χ1) is 18.4. The van der Waals surface area contributed by atoms with Crippen LogP contribution < -0.4 is 15.2 Å². The zero-order valence-electron chi connectivity index (χ0n) is 21.3. The first kappa shape index (κ1) is 29.1. The largest absolute Gasteiger partial charge is 0.463 e. The van der Waals surface area contributed by atoms with E-state index in [4.69, 9.17) is 14.9 Å². The number of ether oxygens (including phenoxy) is 1. The average molecular weight is 587 g/mol. The number of esters is 1. The lowest BCUT2D eigenvalue weighted by Gasteiger charge is -2.31. The van der Waals surface area contributed by atoms with Crippen LogP contribution in [0.15, 0.2) is 46.0 Å². The first-order valence-corrected chi connectivity index (χ1v) is 14.6. The highest BCUT2D eigenvalue weighted by molar-refractivity contribution is 7.87. The van der Waals surface area contributed by atoms with Crippen molar-refractivity contribution in [2.75, 3.05) is 26.2 Å². The number of thiazole rings is 1. The van der Waals surface area contributed by atoms with E-state index in [9.17, 15) is 26.4 Å². The van der Waals surface area contributed by atoms with Crippen LogP contribution in [0.5, 0.6) is 0 Å². The number of aromatic nitrogens is 1. The molecule has 39 heavy (non-hydrogen) atoms. The monoisotopic (exact) mass is 586 g/mol. The molecule has 0 unspecified atom stereocenters. The zero-order chi connectivity index (χ0) is 28.4. The van der Waals surface area contributed by atoms with Crippen LogP contribution in [0.3, 0.4) is 0 Å². The number of benzene rings is 1. The minimum absolute atomic E-state index is 0.0527. The second-order valence-corrected chi connectivity index (χ2v) is 11.5. The number of hydrogen-bond donors (Lipinski definition) is 3. The van der Waals surface area contributed by atoms with Gasteiger partial charge in [0.15, 0.2) is 10.8 Å². The predicted molar refractivity (Wildman–Crippen MR) is 140 cm³/mol. The number of amidine groups is 1. The standard InChI is InChI=1S/C24H29F3N6O4S2/c1-3-37-23(34)19-18(12-33-13-24(26,27)11-15(33)7-8-30-39(28,35)36)31-21(22-29-9-10-38-22)32-20(19)16-5-4-6-17(25)14(16)2/h4-6,9-10,15,20,30H,3,7-8,11-13H2,1-2H3,(H,31,32)(H2,28,35,36)/t15-,20-/m0/s1. The second-order valence-electron chi connectivity index (χ2n) is 9.26. The molecule has 0 aliphatic carbocycles. The summed E-state index contributed by atoms with van der Waals surface area (Å²) < 4.78 is 73.7. The van der Waals surface area contributed by atoms with E-state index in [1.807, 2.05) is 0 Å². The first-order valence-electron chi connectivity index (χ1n) is 12.2. The van der Waals surface area contributed by atoms with Crippen molar-refractivity contribution < 1.29 is 31.1 Å². The summed E-state index contributed by atoms with van der Waals surface area (Å²) in [6.45, 7) is 2.39. The van der Waals surface area contributed by atoms with Gasteiger partial charge in [-0.2, -0.15) is 8.42 Å². The van der Waals surface area contributed by atoms with Crippen LogP contribution >= 0.6 is 11.3 Å². The Hall–Kier alpha value is -2.85. The molecule has 0 amide bonds. The number of hydrogen-bond acceptors (Lipinski definition) is 9. The maximum atomic E-state index is 14.6. The smallest absolute Gasteiger partial charge is 0.338 e. The van der Waals surface area contributed by atoms with Crippen molar-refractivity contribution in [2.24, 2.45) is 10.1 Å². The van der Waals surface area contributed by atoms with Gasteiger partial charge in [-0.3, -0.25) is 9.89 Å². The Bertz CT molecular complexity index is 1380. The van der Waals surface area contributed by atoms with Crippen LogP contribution in [-0.4, -0.2) is 68.3 Å². The lowest BCUT2D eigenvalue weighted by atomic mass is 9.92. The van der Waals surface area contributed by atoms with Gasteiger partial charge in [-0.05, 0) is 37.5 Å². The highest BCUT2D eigenvalue weighted by atomic mass is 32.2. The molecule has 2 aromatic rings. The number of nitrogens with one attached hydrogen (secondary N) is 2. The fourth-order valence-corrected chi connectivity index (χ4v) is 5.76. The molecular formula is C24H29F3N6O4S2. The number of halogens is 3. The van der Waals surface area contributed by atoms with Crippen LogP contribution in [0.1, 0.15) is 41.9 Å². The Labute approximate surface area is 228 Å². The molecule has 0 bridgehead atoms. The van der Waals surface area contributed by atoms with E-state index in [1.54, 1.807) is 31.5 Å². The predicted octanol–water partition coefficient (Wildman–Crippen LogP) is 2.39. The highest BCUT2D eigenvalue weighted by Crippen LogP contribution is 2.38. The van der Waals surface area contributed by atoms with Gasteiger partial charge in [0, 0.05) is 42.8 Å². The fraction of sp³-hybridized carbons (Fsp3) is 0.458. The molecular weight excluding hydrogens is 557 g/mol. The molecule has 0 saturated carbocycles. The quantitative estimate of drug-likeness (QED) is 0.364. The van der Waals surface area contributed by atoms with Crippen LogP contribution in [0.25, 0.3) is 0 Å². The third-order valence-corrected chi connectivity index (χ3v) is 7.87. The Kier molecular flexibility index (Phi) is 8.75. The Morgan fingerprint density at radius 2 is 2.15 bits per heavy atom. The van der Waals surface area contributed by atoms with Crippen LogP contribution in [-0.2, 0) is 19.7 Å². The number of carbonyl (C=O) groups is 1. The van der Waals surface area contributed by atoms with E-state index in [0.29, 0.717) is 16.4 Å². The fourth-order valence-electron chi connectivity index (χ4n) is 4.77. The molecule has 2 aliphatic heterocycles. The summed E-state index contributed by atoms with van der Waals surface area (Å²) in [6.07, 6.45) is 1.14. The Morgan fingerprint density at radius 1 is 1.38 bits per heavy atom. The van der Waals surface area contributed by atoms with E-state index in [0.717, 1.165) is 0 Å². The topological polar surface area (TPSA) is 139 Å². The highest BCUT2D eigenvalue weighted by Gasteiger charge is 2.46. The SMILES string of the molecule is CCOC(=O)C1=C(CN2CC(F)(F)C[C@@H]2CCNS(N)(=O)=O)NC(c2nccs2)=N[C@H]1c1cccc(F)c1C. The van der Waals surface area contributed by atoms with Gasteiger partial charge < -0.3 is 10.1 Å². The van der Waals surface area contributed by atoms with Crippen molar-refractivity contribution in [1.82, 2.24) is 19.9 Å². The summed E-state index contributed by atoms with van der Waals surface area (Å²) >= 11 is 1.28. The van der Waals surface area contributed by atoms with E-state index in [-0.39, 0.29) is 43.0 Å². The maximum absolute atomic E-state index is 14.6. The van der Waals surface area contributed by atoms with Crippen molar-refractivity contribution in [2.45, 2.75) is 44.7 Å². The number of aliphatic imine (C=N–C) groups is 1. The van der Waals surface area contributed by atoms with E-state index in [2.05, 4.69) is 15.0 Å². The molecule has 3 heterocycles. The third-order valence-electron chi connectivity index (χ3n) is 6.49. The van der Waals surface area contributed by atoms with Gasteiger partial charge in [-0.1, -0.05) is 12.1 Å². The molecule has 2 atom stereocenters. The van der Waals surface area contributed by atoms with Crippen molar-refractivity contribution in [3.05, 3.63) is 63.0 Å². The van der Waals surface area contributed by atoms with Gasteiger partial charge in [-0.15, -0.1) is 11.3 Å². The molecule has 212 valence electrons. The summed E-state index contributed by atoms with van der Waals surface area (Å²) in [7, 11) is -3.98. The number of rotatable bonds is 10. The molecule has 1 aromatic carbocycles. The van der Waals surface area contributed by atoms with Crippen molar-refractivity contribution in [3.63, 3.8) is 0 Å². The van der Waals surface area contributed by atoms with Gasteiger partial charge in [0.2, 0.25) is 0 Å². The lowest BCUT2D eigenvalue weighted by Crippen LogP contribution is -2.42. The average Bonchev–Trinajstić information content (AvgIpc) is 3.47. The molecule has 2 aliphatic rings. The normalized spacial score (nSPS) is 21.5. The molecule has 0 spiro atoms. The molecule has 4 N–H and O–H groups in total. The molecule has 15 heteroatoms. The number of nitrogens with two attached hydrogens (primary N) is 1. The van der Waals surface area contributed by atoms with Gasteiger partial charge in [0.25, 0.3) is 16.1 Å². The number of likely N-dealkylation sites (tertiary alicyclic amines) is 1. The van der Waals surface area contributed by atoms with Crippen molar-refractivity contribution >= 4 is 33.4 Å². The summed E-state index contributed by atoms with van der Waals surface area (Å²) in [4.78, 5) is 23.8. The van der Waals surface area contributed by atoms with Crippen LogP contribution in [0, 0.1) is 12.7 Å². The Balaban J connectivity index is 1.76. The Morgan fingerprint density at radius 3 is 2.82 bits per heavy atom. The minimum atomic E-state index is -3.98. The van der Waals surface area contributed by atoms with Gasteiger partial charge in [0.1, 0.15) is 11.9 Å². The molecule has 0 radical (unpaired) electrons. The molecule has 4 rings (SSSR count). The van der Waals surface area contributed by atoms with Crippen LogP contribution in [0.4, 0.5) is 13.2 Å². The van der Waals surface area contributed by atoms with Crippen molar-refractivity contribution in [1.29, 1.82) is 0 Å². The lowest BCUT2D eigenvalue weighted by molar-refractivity contribution is -0.139. The van der Waals surface area contributed by atoms with Gasteiger partial charge in [-0.25, -0.2) is 32.8 Å². The molecule has 1 fully saturated rings. The van der Waals surface area contributed by atoms with Gasteiger partial charge in [0.05, 0.1) is 18.7 Å². The number of alkyl halides is 2. The zero-order valence-corrected chi connectivity index (χ0v) is 22.9. The summed E-state index contributed by atoms with van der Waals surface area (Å²) in [5, 5.41) is 10.3. The summed E-state index contributed by atoms with van der Waals surface area (Å²) in [5.41, 5.74) is 1.05. The van der Waals surface area contributed by atoms with Crippen molar-refractivity contribution in [3.8, 4) is 0 Å². The molecule has 10 nitrogen and oxygen atoms in total. The molecule has 1 saturated heterocycles.